The molecule has 30 heavy (non-hydrogen) atoms. The lowest BCUT2D eigenvalue weighted by Crippen LogP contribution is -2.13. The summed E-state index contributed by atoms with van der Waals surface area (Å²) in [4.78, 5) is 12.6. The van der Waals surface area contributed by atoms with Crippen molar-refractivity contribution in [3.8, 4) is 11.8 Å². The van der Waals surface area contributed by atoms with Crippen LogP contribution in [0.25, 0.3) is 6.08 Å². The highest BCUT2D eigenvalue weighted by atomic mass is 79.9. The lowest BCUT2D eigenvalue weighted by atomic mass is 10.1. The third-order valence-electron chi connectivity index (χ3n) is 4.01. The number of rotatable bonds is 6. The number of hydrogen-bond donors (Lipinski definition) is 1. The van der Waals surface area contributed by atoms with Crippen molar-refractivity contribution >= 4 is 61.1 Å². The Balaban J connectivity index is 1.89. The van der Waals surface area contributed by atoms with Crippen molar-refractivity contribution in [1.82, 2.24) is 0 Å². The maximum absolute atomic E-state index is 12.6. The Morgan fingerprint density at radius 3 is 2.57 bits per heavy atom. The Morgan fingerprint density at radius 1 is 1.10 bits per heavy atom. The molecule has 0 saturated carbocycles. The van der Waals surface area contributed by atoms with Gasteiger partial charge in [-0.1, -0.05) is 57.9 Å². The molecule has 0 aliphatic heterocycles. The van der Waals surface area contributed by atoms with Crippen LogP contribution in [-0.4, -0.2) is 5.91 Å². The van der Waals surface area contributed by atoms with Crippen LogP contribution in [0.2, 0.25) is 5.02 Å². The van der Waals surface area contributed by atoms with Gasteiger partial charge in [0, 0.05) is 20.7 Å². The van der Waals surface area contributed by atoms with Gasteiger partial charge in [-0.3, -0.25) is 4.79 Å². The van der Waals surface area contributed by atoms with E-state index in [0.29, 0.717) is 26.5 Å². The standard InChI is InChI=1S/C23H15Br2ClN2O2/c24-18-11-16(10-17(13-27)23(29)28-20-7-2-1-3-8-20)22(21(25)12-18)30-14-15-5-4-6-19(26)9-15/h1-12H,14H2,(H,28,29)/b17-10+. The third kappa shape index (κ3) is 5.96. The number of halogens is 3. The summed E-state index contributed by atoms with van der Waals surface area (Å²) in [5.41, 5.74) is 2.04. The number of nitriles is 1. The Bertz CT molecular complexity index is 1140. The molecule has 0 fully saturated rings. The molecule has 0 radical (unpaired) electrons. The Hall–Kier alpha value is -2.59. The number of anilines is 1. The lowest BCUT2D eigenvalue weighted by Gasteiger charge is -2.13. The van der Waals surface area contributed by atoms with E-state index in [9.17, 15) is 10.1 Å². The number of carbonyl (C=O) groups excluding carboxylic acids is 1. The van der Waals surface area contributed by atoms with Crippen molar-refractivity contribution in [2.75, 3.05) is 5.32 Å². The fourth-order valence-electron chi connectivity index (χ4n) is 2.65. The molecule has 4 nitrogen and oxygen atoms in total. The number of para-hydroxylation sites is 1. The number of hydrogen-bond acceptors (Lipinski definition) is 3. The number of ether oxygens (including phenoxy) is 1. The van der Waals surface area contributed by atoms with Gasteiger partial charge in [0.25, 0.3) is 5.91 Å². The summed E-state index contributed by atoms with van der Waals surface area (Å²) >= 11 is 13.0. The zero-order chi connectivity index (χ0) is 21.5. The van der Waals surface area contributed by atoms with Crippen molar-refractivity contribution in [3.63, 3.8) is 0 Å². The van der Waals surface area contributed by atoms with E-state index in [4.69, 9.17) is 16.3 Å². The van der Waals surface area contributed by atoms with Gasteiger partial charge in [-0.15, -0.1) is 0 Å². The number of nitrogens with zero attached hydrogens (tertiary/aromatic N) is 1. The summed E-state index contributed by atoms with van der Waals surface area (Å²) < 4.78 is 7.46. The normalized spacial score (nSPS) is 10.9. The monoisotopic (exact) mass is 544 g/mol. The Morgan fingerprint density at radius 2 is 1.87 bits per heavy atom. The van der Waals surface area contributed by atoms with Crippen LogP contribution in [0.4, 0.5) is 5.69 Å². The van der Waals surface area contributed by atoms with Gasteiger partial charge in [-0.05, 0) is 64.0 Å². The molecule has 7 heteroatoms. The molecule has 1 N–H and O–H groups in total. The molecule has 0 aliphatic rings. The number of carbonyl (C=O) groups is 1. The van der Waals surface area contributed by atoms with Gasteiger partial charge in [-0.25, -0.2) is 0 Å². The van der Waals surface area contributed by atoms with E-state index in [1.165, 1.54) is 6.08 Å². The van der Waals surface area contributed by atoms with E-state index < -0.39 is 5.91 Å². The molecule has 0 aliphatic carbocycles. The summed E-state index contributed by atoms with van der Waals surface area (Å²) in [6.45, 7) is 0.278. The van der Waals surface area contributed by atoms with E-state index in [-0.39, 0.29) is 12.2 Å². The Labute approximate surface area is 196 Å². The highest BCUT2D eigenvalue weighted by Gasteiger charge is 2.14. The van der Waals surface area contributed by atoms with Crippen LogP contribution in [0.5, 0.6) is 5.75 Å². The lowest BCUT2D eigenvalue weighted by molar-refractivity contribution is -0.112. The minimum Gasteiger partial charge on any atom is -0.487 e. The number of nitrogens with one attached hydrogen (secondary N) is 1. The first-order valence-corrected chi connectivity index (χ1v) is 10.8. The van der Waals surface area contributed by atoms with Crippen molar-refractivity contribution < 1.29 is 9.53 Å². The van der Waals surface area contributed by atoms with Gasteiger partial charge in [0.2, 0.25) is 0 Å². The van der Waals surface area contributed by atoms with Gasteiger partial charge in [0.05, 0.1) is 4.47 Å². The molecule has 0 spiro atoms. The van der Waals surface area contributed by atoms with Crippen LogP contribution in [0.3, 0.4) is 0 Å². The zero-order valence-corrected chi connectivity index (χ0v) is 19.5. The maximum atomic E-state index is 12.6. The minimum atomic E-state index is -0.499. The van der Waals surface area contributed by atoms with Crippen LogP contribution >= 0.6 is 43.5 Å². The smallest absolute Gasteiger partial charge is 0.266 e. The van der Waals surface area contributed by atoms with E-state index in [0.717, 1.165) is 10.0 Å². The molecule has 0 atom stereocenters. The molecule has 3 aromatic carbocycles. The van der Waals surface area contributed by atoms with Crippen LogP contribution in [0.15, 0.2) is 81.2 Å². The highest BCUT2D eigenvalue weighted by molar-refractivity contribution is 9.11. The molecule has 0 aromatic heterocycles. The van der Waals surface area contributed by atoms with Crippen molar-refractivity contribution in [1.29, 1.82) is 5.26 Å². The Kier molecular flexibility index (Phi) is 7.69. The van der Waals surface area contributed by atoms with Gasteiger partial charge in [0.1, 0.15) is 24.0 Å². The summed E-state index contributed by atoms with van der Waals surface area (Å²) in [6.07, 6.45) is 1.50. The van der Waals surface area contributed by atoms with E-state index in [1.807, 2.05) is 36.4 Å². The minimum absolute atomic E-state index is 0.0449. The topological polar surface area (TPSA) is 62.1 Å². The number of amides is 1. The molecule has 0 bridgehead atoms. The van der Waals surface area contributed by atoms with Crippen LogP contribution in [-0.2, 0) is 11.4 Å². The first-order valence-electron chi connectivity index (χ1n) is 8.81. The molecule has 0 unspecified atom stereocenters. The van der Waals surface area contributed by atoms with E-state index >= 15 is 0 Å². The SMILES string of the molecule is N#C/C(=C\c1cc(Br)cc(Br)c1OCc1cccc(Cl)c1)C(=O)Nc1ccccc1. The molecule has 1 amide bonds. The molecule has 0 saturated heterocycles. The fourth-order valence-corrected chi connectivity index (χ4v) is 4.23. The quantitative estimate of drug-likeness (QED) is 0.268. The highest BCUT2D eigenvalue weighted by Crippen LogP contribution is 2.35. The second-order valence-electron chi connectivity index (χ2n) is 6.21. The predicted octanol–water partition coefficient (Wildman–Crippen LogP) is 6.99. The zero-order valence-electron chi connectivity index (χ0n) is 15.5. The summed E-state index contributed by atoms with van der Waals surface area (Å²) in [5, 5.41) is 12.9. The van der Waals surface area contributed by atoms with Gasteiger partial charge >= 0.3 is 0 Å². The van der Waals surface area contributed by atoms with E-state index in [2.05, 4.69) is 37.2 Å². The molecule has 3 rings (SSSR count). The fraction of sp³-hybridized carbons (Fsp3) is 0.0435. The van der Waals surface area contributed by atoms with E-state index in [1.54, 1.807) is 36.4 Å². The predicted molar refractivity (Wildman–Crippen MR) is 126 cm³/mol. The van der Waals surface area contributed by atoms with Crippen molar-refractivity contribution in [3.05, 3.63) is 97.4 Å². The van der Waals surface area contributed by atoms with Crippen LogP contribution in [0, 0.1) is 11.3 Å². The first kappa shape index (κ1) is 22.1. The summed E-state index contributed by atoms with van der Waals surface area (Å²) in [6, 6.07) is 21.9. The van der Waals surface area contributed by atoms with Crippen LogP contribution in [0.1, 0.15) is 11.1 Å². The van der Waals surface area contributed by atoms with Gasteiger partial charge < -0.3 is 10.1 Å². The molecule has 150 valence electrons. The largest absolute Gasteiger partial charge is 0.487 e. The second kappa shape index (κ2) is 10.4. The average Bonchev–Trinajstić information content (AvgIpc) is 2.72. The molecular formula is C23H15Br2ClN2O2. The van der Waals surface area contributed by atoms with Crippen LogP contribution < -0.4 is 10.1 Å². The van der Waals surface area contributed by atoms with Gasteiger partial charge in [0.15, 0.2) is 0 Å². The average molecular weight is 547 g/mol. The molecule has 3 aromatic rings. The van der Waals surface area contributed by atoms with Gasteiger partial charge in [-0.2, -0.15) is 5.26 Å². The number of benzene rings is 3. The first-order chi connectivity index (χ1) is 14.5. The second-order valence-corrected chi connectivity index (χ2v) is 8.42. The summed E-state index contributed by atoms with van der Waals surface area (Å²) in [7, 11) is 0. The van der Waals surface area contributed by atoms with Crippen molar-refractivity contribution in [2.24, 2.45) is 0 Å². The van der Waals surface area contributed by atoms with Crippen molar-refractivity contribution in [2.45, 2.75) is 6.61 Å². The maximum Gasteiger partial charge on any atom is 0.266 e. The molecule has 0 heterocycles. The summed E-state index contributed by atoms with van der Waals surface area (Å²) in [5.74, 6) is 0.0130. The molecular weight excluding hydrogens is 532 g/mol. The third-order valence-corrected chi connectivity index (χ3v) is 5.29.